The number of carbonyl (C=O) groups excluding carboxylic acids is 2. The normalized spacial score (nSPS) is 12.5. The van der Waals surface area contributed by atoms with Gasteiger partial charge in [0.1, 0.15) is 6.23 Å². The zero-order valence-electron chi connectivity index (χ0n) is 10.3. The Balaban J connectivity index is 2.50. The molecule has 8 heteroatoms. The van der Waals surface area contributed by atoms with Crippen LogP contribution in [0.1, 0.15) is 17.3 Å². The first-order chi connectivity index (χ1) is 8.78. The monoisotopic (exact) mass is 287 g/mol. The first-order valence-corrected chi connectivity index (χ1v) is 7.05. The van der Waals surface area contributed by atoms with E-state index in [0.29, 0.717) is 0 Å². The third-order valence-electron chi connectivity index (χ3n) is 1.84. The average Bonchev–Trinajstić information content (AvgIpc) is 2.27. The van der Waals surface area contributed by atoms with Crippen molar-refractivity contribution in [3.8, 4) is 0 Å². The van der Waals surface area contributed by atoms with Crippen LogP contribution in [0.2, 0.25) is 0 Å². The fourth-order valence-corrected chi connectivity index (χ4v) is 1.77. The molecule has 1 atom stereocenters. The molecule has 1 aromatic carbocycles. The number of hydrogen-bond donors (Lipinski definition) is 1. The van der Waals surface area contributed by atoms with Crippen LogP contribution in [0.15, 0.2) is 30.3 Å². The molecule has 7 nitrogen and oxygen atoms in total. The van der Waals surface area contributed by atoms with E-state index in [-0.39, 0.29) is 5.56 Å². The van der Waals surface area contributed by atoms with Crippen molar-refractivity contribution in [1.29, 1.82) is 0 Å². The van der Waals surface area contributed by atoms with Crippen molar-refractivity contribution in [3.63, 3.8) is 0 Å². The SMILES string of the molecule is CC(NC(=O)OC(=O)c1ccccc1)OS(C)(=O)=O. The van der Waals surface area contributed by atoms with Gasteiger partial charge in [-0.2, -0.15) is 8.42 Å². The lowest BCUT2D eigenvalue weighted by atomic mass is 10.2. The number of ether oxygens (including phenoxy) is 1. The summed E-state index contributed by atoms with van der Waals surface area (Å²) in [7, 11) is -3.70. The van der Waals surface area contributed by atoms with Gasteiger partial charge in [0.15, 0.2) is 0 Å². The lowest BCUT2D eigenvalue weighted by Crippen LogP contribution is -2.37. The summed E-state index contributed by atoms with van der Waals surface area (Å²) in [4.78, 5) is 22.8. The number of hydrogen-bond acceptors (Lipinski definition) is 6. The van der Waals surface area contributed by atoms with Gasteiger partial charge in [0.25, 0.3) is 10.1 Å². The molecular weight excluding hydrogens is 274 g/mol. The third-order valence-corrected chi connectivity index (χ3v) is 2.47. The Morgan fingerprint density at radius 3 is 2.32 bits per heavy atom. The van der Waals surface area contributed by atoms with Gasteiger partial charge in [0, 0.05) is 0 Å². The van der Waals surface area contributed by atoms with Crippen molar-refractivity contribution in [2.45, 2.75) is 13.2 Å². The molecule has 0 heterocycles. The summed E-state index contributed by atoms with van der Waals surface area (Å²) in [6, 6.07) is 7.89. The van der Waals surface area contributed by atoms with Crippen LogP contribution in [0.25, 0.3) is 0 Å². The average molecular weight is 287 g/mol. The van der Waals surface area contributed by atoms with E-state index in [9.17, 15) is 18.0 Å². The first-order valence-electron chi connectivity index (χ1n) is 5.24. The minimum atomic E-state index is -3.70. The molecule has 104 valence electrons. The Kier molecular flexibility index (Phi) is 5.02. The van der Waals surface area contributed by atoms with Crippen LogP contribution in [-0.2, 0) is 19.0 Å². The number of nitrogens with one attached hydrogen (secondary N) is 1. The smallest absolute Gasteiger partial charge is 0.372 e. The van der Waals surface area contributed by atoms with Crippen molar-refractivity contribution in [1.82, 2.24) is 5.32 Å². The number of esters is 1. The van der Waals surface area contributed by atoms with Crippen LogP contribution in [0.5, 0.6) is 0 Å². The molecule has 0 aliphatic carbocycles. The van der Waals surface area contributed by atoms with Gasteiger partial charge in [0.05, 0.1) is 11.8 Å². The van der Waals surface area contributed by atoms with E-state index in [4.69, 9.17) is 0 Å². The number of rotatable bonds is 4. The maximum absolute atomic E-state index is 11.5. The molecule has 0 saturated carbocycles. The number of amides is 1. The minimum absolute atomic E-state index is 0.203. The topological polar surface area (TPSA) is 98.8 Å². The molecule has 1 rings (SSSR count). The molecule has 1 aromatic rings. The first kappa shape index (κ1) is 15.1. The summed E-state index contributed by atoms with van der Waals surface area (Å²) in [5, 5.41) is 2.05. The quantitative estimate of drug-likeness (QED) is 0.382. The zero-order valence-corrected chi connectivity index (χ0v) is 11.1. The fourth-order valence-electron chi connectivity index (χ4n) is 1.20. The zero-order chi connectivity index (χ0) is 14.5. The van der Waals surface area contributed by atoms with Gasteiger partial charge >= 0.3 is 12.1 Å². The molecule has 19 heavy (non-hydrogen) atoms. The van der Waals surface area contributed by atoms with E-state index < -0.39 is 28.4 Å². The molecular formula is C11H13NO6S. The Morgan fingerprint density at radius 1 is 1.21 bits per heavy atom. The van der Waals surface area contributed by atoms with Crippen LogP contribution in [0.3, 0.4) is 0 Å². The molecule has 0 bridgehead atoms. The molecule has 0 aliphatic heterocycles. The Labute approximate surface area is 110 Å². The molecule has 1 N–H and O–H groups in total. The van der Waals surface area contributed by atoms with Gasteiger partial charge in [-0.3, -0.25) is 5.32 Å². The largest absolute Gasteiger partial charge is 0.417 e. The second kappa shape index (κ2) is 6.30. The van der Waals surface area contributed by atoms with Crippen molar-refractivity contribution >= 4 is 22.2 Å². The van der Waals surface area contributed by atoms with Gasteiger partial charge in [-0.1, -0.05) is 18.2 Å². The maximum atomic E-state index is 11.5. The van der Waals surface area contributed by atoms with E-state index in [1.54, 1.807) is 18.2 Å². The predicted molar refractivity (Wildman–Crippen MR) is 65.8 cm³/mol. The molecule has 0 aromatic heterocycles. The van der Waals surface area contributed by atoms with E-state index in [1.807, 2.05) is 0 Å². The van der Waals surface area contributed by atoms with Gasteiger partial charge in [-0.25, -0.2) is 13.8 Å². The Bertz CT molecular complexity index is 554. The lowest BCUT2D eigenvalue weighted by Gasteiger charge is -2.12. The third kappa shape index (κ3) is 5.98. The standard InChI is InChI=1S/C11H13NO6S/c1-8(18-19(2,15)16)12-11(14)17-10(13)9-6-4-3-5-7-9/h3-8H,1-2H3,(H,12,14). The van der Waals surface area contributed by atoms with Crippen LogP contribution >= 0.6 is 0 Å². The van der Waals surface area contributed by atoms with Crippen LogP contribution in [0, 0.1) is 0 Å². The maximum Gasteiger partial charge on any atom is 0.417 e. The summed E-state index contributed by atoms with van der Waals surface area (Å²) < 4.78 is 30.5. The minimum Gasteiger partial charge on any atom is -0.372 e. The summed E-state index contributed by atoms with van der Waals surface area (Å²) in [5.74, 6) is -0.843. The Morgan fingerprint density at radius 2 is 1.79 bits per heavy atom. The molecule has 0 spiro atoms. The van der Waals surface area contributed by atoms with Crippen molar-refractivity contribution < 1.29 is 26.9 Å². The highest BCUT2D eigenvalue weighted by atomic mass is 32.2. The van der Waals surface area contributed by atoms with Crippen LogP contribution in [-0.4, -0.2) is 33.0 Å². The fraction of sp³-hybridized carbons (Fsp3) is 0.273. The van der Waals surface area contributed by atoms with Crippen LogP contribution < -0.4 is 5.32 Å². The van der Waals surface area contributed by atoms with Crippen molar-refractivity contribution in [3.05, 3.63) is 35.9 Å². The molecule has 0 aliphatic rings. The summed E-state index contributed by atoms with van der Waals surface area (Å²) in [6.07, 6.45) is -1.39. The summed E-state index contributed by atoms with van der Waals surface area (Å²) in [6.45, 7) is 1.29. The van der Waals surface area contributed by atoms with Gasteiger partial charge < -0.3 is 4.74 Å². The molecule has 1 unspecified atom stereocenters. The second-order valence-corrected chi connectivity index (χ2v) is 5.23. The van der Waals surface area contributed by atoms with Gasteiger partial charge in [0.2, 0.25) is 0 Å². The Hall–Kier alpha value is -1.93. The molecule has 0 radical (unpaired) electrons. The highest BCUT2D eigenvalue weighted by Crippen LogP contribution is 2.02. The number of benzene rings is 1. The highest BCUT2D eigenvalue weighted by molar-refractivity contribution is 7.86. The summed E-state index contributed by atoms with van der Waals surface area (Å²) >= 11 is 0. The van der Waals surface area contributed by atoms with E-state index in [1.165, 1.54) is 19.1 Å². The second-order valence-electron chi connectivity index (χ2n) is 3.63. The van der Waals surface area contributed by atoms with Gasteiger partial charge in [-0.05, 0) is 19.1 Å². The molecule has 0 saturated heterocycles. The number of carbonyl (C=O) groups is 2. The van der Waals surface area contributed by atoms with Crippen LogP contribution in [0.4, 0.5) is 4.79 Å². The molecule has 1 amide bonds. The van der Waals surface area contributed by atoms with E-state index in [0.717, 1.165) is 6.26 Å². The van der Waals surface area contributed by atoms with Crippen molar-refractivity contribution in [2.75, 3.05) is 6.26 Å². The summed E-state index contributed by atoms with van der Waals surface area (Å²) in [5.41, 5.74) is 0.203. The molecule has 0 fully saturated rings. The highest BCUT2D eigenvalue weighted by Gasteiger charge is 2.17. The van der Waals surface area contributed by atoms with Gasteiger partial charge in [-0.15, -0.1) is 0 Å². The number of alkyl carbamates (subject to hydrolysis) is 1. The lowest BCUT2D eigenvalue weighted by molar-refractivity contribution is 0.0595. The van der Waals surface area contributed by atoms with E-state index in [2.05, 4.69) is 14.2 Å². The predicted octanol–water partition coefficient (Wildman–Crippen LogP) is 0.875. The van der Waals surface area contributed by atoms with E-state index >= 15 is 0 Å². The van der Waals surface area contributed by atoms with Crippen molar-refractivity contribution in [2.24, 2.45) is 0 Å².